The average Bonchev–Trinajstić information content (AvgIpc) is 2.31. The van der Waals surface area contributed by atoms with Crippen LogP contribution in [0.25, 0.3) is 0 Å². The number of nitrogens with zero attached hydrogens (tertiary/aromatic N) is 1. The van der Waals surface area contributed by atoms with E-state index in [0.717, 1.165) is 6.54 Å². The molecule has 2 atom stereocenters. The van der Waals surface area contributed by atoms with Crippen LogP contribution in [0.2, 0.25) is 0 Å². The summed E-state index contributed by atoms with van der Waals surface area (Å²) in [6.07, 6.45) is 2.42. The standard InChI is InChI=1S/C16H26N2/c1-12-9-10-13-7-5-6-8-14(13)18(12)11-15(17)16(2,3)4/h5-8,12,15H,9-11,17H2,1-4H3. The number of nitrogens with two attached hydrogens (primary N) is 1. The van der Waals surface area contributed by atoms with Crippen molar-refractivity contribution in [3.05, 3.63) is 29.8 Å². The number of fused-ring (bicyclic) bond motifs is 1. The summed E-state index contributed by atoms with van der Waals surface area (Å²) >= 11 is 0. The monoisotopic (exact) mass is 246 g/mol. The van der Waals surface area contributed by atoms with Gasteiger partial charge < -0.3 is 10.6 Å². The maximum atomic E-state index is 6.36. The fourth-order valence-electron chi connectivity index (χ4n) is 2.52. The first-order valence-electron chi connectivity index (χ1n) is 6.99. The summed E-state index contributed by atoms with van der Waals surface area (Å²) in [5.41, 5.74) is 9.37. The van der Waals surface area contributed by atoms with Gasteiger partial charge in [0.15, 0.2) is 0 Å². The van der Waals surface area contributed by atoms with E-state index in [9.17, 15) is 0 Å². The van der Waals surface area contributed by atoms with Gasteiger partial charge in [0, 0.05) is 24.3 Å². The number of aryl methyl sites for hydroxylation is 1. The van der Waals surface area contributed by atoms with E-state index in [4.69, 9.17) is 5.73 Å². The van der Waals surface area contributed by atoms with Gasteiger partial charge in [-0.15, -0.1) is 0 Å². The molecule has 0 fully saturated rings. The molecule has 1 aliphatic heterocycles. The minimum atomic E-state index is 0.159. The van der Waals surface area contributed by atoms with Gasteiger partial charge in [0.25, 0.3) is 0 Å². The number of anilines is 1. The van der Waals surface area contributed by atoms with Gasteiger partial charge in [0.05, 0.1) is 0 Å². The molecule has 0 spiro atoms. The van der Waals surface area contributed by atoms with Crippen LogP contribution >= 0.6 is 0 Å². The van der Waals surface area contributed by atoms with Gasteiger partial charge in [-0.25, -0.2) is 0 Å². The Labute approximate surface area is 111 Å². The van der Waals surface area contributed by atoms with E-state index in [1.165, 1.54) is 24.1 Å². The molecule has 1 heterocycles. The van der Waals surface area contributed by atoms with E-state index in [1.54, 1.807) is 0 Å². The second-order valence-electron chi connectivity index (χ2n) is 6.64. The second kappa shape index (κ2) is 4.93. The fraction of sp³-hybridized carbons (Fsp3) is 0.625. The van der Waals surface area contributed by atoms with Crippen molar-refractivity contribution in [2.45, 2.75) is 52.6 Å². The van der Waals surface area contributed by atoms with Crippen molar-refractivity contribution >= 4 is 5.69 Å². The third kappa shape index (κ3) is 2.69. The summed E-state index contributed by atoms with van der Waals surface area (Å²) in [4.78, 5) is 2.49. The highest BCUT2D eigenvalue weighted by Crippen LogP contribution is 2.31. The predicted molar refractivity (Wildman–Crippen MR) is 79.0 cm³/mol. The fourth-order valence-corrected chi connectivity index (χ4v) is 2.52. The molecule has 0 radical (unpaired) electrons. The van der Waals surface area contributed by atoms with Crippen molar-refractivity contribution in [3.63, 3.8) is 0 Å². The summed E-state index contributed by atoms with van der Waals surface area (Å²) in [7, 11) is 0. The van der Waals surface area contributed by atoms with E-state index >= 15 is 0 Å². The van der Waals surface area contributed by atoms with Crippen molar-refractivity contribution in [3.8, 4) is 0 Å². The van der Waals surface area contributed by atoms with Crippen LogP contribution in [0.3, 0.4) is 0 Å². The first kappa shape index (κ1) is 13.4. The quantitative estimate of drug-likeness (QED) is 0.868. The average molecular weight is 246 g/mol. The minimum absolute atomic E-state index is 0.159. The molecule has 0 amide bonds. The van der Waals surface area contributed by atoms with Gasteiger partial charge in [0.1, 0.15) is 0 Å². The summed E-state index contributed by atoms with van der Waals surface area (Å²) in [6, 6.07) is 9.54. The number of hydrogen-bond acceptors (Lipinski definition) is 2. The first-order chi connectivity index (χ1) is 8.39. The maximum Gasteiger partial charge on any atom is 0.0401 e. The maximum absolute atomic E-state index is 6.36. The topological polar surface area (TPSA) is 29.3 Å². The third-order valence-corrected chi connectivity index (χ3v) is 4.17. The molecule has 0 saturated heterocycles. The van der Waals surface area contributed by atoms with Crippen LogP contribution in [0.15, 0.2) is 24.3 Å². The molecular formula is C16H26N2. The lowest BCUT2D eigenvalue weighted by atomic mass is 9.86. The van der Waals surface area contributed by atoms with E-state index in [0.29, 0.717) is 6.04 Å². The molecule has 1 aliphatic rings. The van der Waals surface area contributed by atoms with Gasteiger partial charge in [-0.3, -0.25) is 0 Å². The van der Waals surface area contributed by atoms with Crippen LogP contribution in [-0.2, 0) is 6.42 Å². The zero-order chi connectivity index (χ0) is 13.3. The molecule has 0 bridgehead atoms. The van der Waals surface area contributed by atoms with Gasteiger partial charge in [-0.1, -0.05) is 39.0 Å². The molecule has 0 saturated carbocycles. The van der Waals surface area contributed by atoms with Gasteiger partial charge in [0.2, 0.25) is 0 Å². The molecule has 2 unspecified atom stereocenters. The first-order valence-corrected chi connectivity index (χ1v) is 6.99. The van der Waals surface area contributed by atoms with Gasteiger partial charge in [-0.05, 0) is 36.8 Å². The van der Waals surface area contributed by atoms with Crippen LogP contribution in [0.4, 0.5) is 5.69 Å². The van der Waals surface area contributed by atoms with Crippen LogP contribution in [0.5, 0.6) is 0 Å². The Morgan fingerprint density at radius 2 is 2.00 bits per heavy atom. The Balaban J connectivity index is 2.22. The lowest BCUT2D eigenvalue weighted by Crippen LogP contribution is -2.49. The summed E-state index contributed by atoms with van der Waals surface area (Å²) in [6.45, 7) is 9.92. The Bertz CT molecular complexity index is 406. The molecule has 2 nitrogen and oxygen atoms in total. The molecule has 2 rings (SSSR count). The molecule has 2 heteroatoms. The van der Waals surface area contributed by atoms with Crippen LogP contribution in [-0.4, -0.2) is 18.6 Å². The summed E-state index contributed by atoms with van der Waals surface area (Å²) < 4.78 is 0. The summed E-state index contributed by atoms with van der Waals surface area (Å²) in [5.74, 6) is 0. The largest absolute Gasteiger partial charge is 0.367 e. The Hall–Kier alpha value is -1.02. The van der Waals surface area contributed by atoms with Crippen LogP contribution in [0, 0.1) is 5.41 Å². The van der Waals surface area contributed by atoms with Gasteiger partial charge in [-0.2, -0.15) is 0 Å². The summed E-state index contributed by atoms with van der Waals surface area (Å²) in [5, 5.41) is 0. The lowest BCUT2D eigenvalue weighted by Gasteiger charge is -2.41. The van der Waals surface area contributed by atoms with Crippen molar-refractivity contribution in [2.24, 2.45) is 11.1 Å². The van der Waals surface area contributed by atoms with E-state index in [-0.39, 0.29) is 11.5 Å². The highest BCUT2D eigenvalue weighted by atomic mass is 15.2. The zero-order valence-corrected chi connectivity index (χ0v) is 12.1. The van der Waals surface area contributed by atoms with Crippen molar-refractivity contribution in [1.82, 2.24) is 0 Å². The highest BCUT2D eigenvalue weighted by molar-refractivity contribution is 5.56. The Morgan fingerprint density at radius 3 is 2.67 bits per heavy atom. The number of hydrogen-bond donors (Lipinski definition) is 1. The molecule has 100 valence electrons. The minimum Gasteiger partial charge on any atom is -0.367 e. The SMILES string of the molecule is CC1CCc2ccccc2N1CC(N)C(C)(C)C. The lowest BCUT2D eigenvalue weighted by molar-refractivity contribution is 0.313. The van der Waals surface area contributed by atoms with Crippen LogP contribution in [0.1, 0.15) is 39.7 Å². The molecule has 1 aromatic carbocycles. The van der Waals surface area contributed by atoms with Crippen molar-refractivity contribution in [1.29, 1.82) is 0 Å². The third-order valence-electron chi connectivity index (χ3n) is 4.17. The zero-order valence-electron chi connectivity index (χ0n) is 12.1. The molecule has 0 aliphatic carbocycles. The second-order valence-corrected chi connectivity index (χ2v) is 6.64. The van der Waals surface area contributed by atoms with Crippen molar-refractivity contribution in [2.75, 3.05) is 11.4 Å². The van der Waals surface area contributed by atoms with E-state index in [1.807, 2.05) is 0 Å². The molecule has 0 aromatic heterocycles. The number of para-hydroxylation sites is 1. The highest BCUT2D eigenvalue weighted by Gasteiger charge is 2.28. The van der Waals surface area contributed by atoms with Gasteiger partial charge >= 0.3 is 0 Å². The van der Waals surface area contributed by atoms with Crippen molar-refractivity contribution < 1.29 is 0 Å². The normalized spacial score (nSPS) is 21.6. The smallest absolute Gasteiger partial charge is 0.0401 e. The Kier molecular flexibility index (Phi) is 3.67. The predicted octanol–water partition coefficient (Wildman–Crippen LogP) is 3.20. The van der Waals surface area contributed by atoms with Crippen LogP contribution < -0.4 is 10.6 Å². The number of rotatable bonds is 2. The molecule has 18 heavy (non-hydrogen) atoms. The van der Waals surface area contributed by atoms with E-state index < -0.39 is 0 Å². The molecule has 1 aromatic rings. The molecule has 2 N–H and O–H groups in total. The van der Waals surface area contributed by atoms with E-state index in [2.05, 4.69) is 56.9 Å². The number of benzene rings is 1. The molecular weight excluding hydrogens is 220 g/mol. The Morgan fingerprint density at radius 1 is 1.33 bits per heavy atom.